The molecule has 0 amide bonds. The zero-order valence-electron chi connectivity index (χ0n) is 17.6. The van der Waals surface area contributed by atoms with Crippen molar-refractivity contribution in [1.82, 2.24) is 4.98 Å². The van der Waals surface area contributed by atoms with Gasteiger partial charge in [0.25, 0.3) is 0 Å². The summed E-state index contributed by atoms with van der Waals surface area (Å²) in [5.41, 5.74) is 5.69. The highest BCUT2D eigenvalue weighted by molar-refractivity contribution is 7.14. The number of hydrazone groups is 1. The van der Waals surface area contributed by atoms with Crippen LogP contribution in [0.4, 0.5) is 5.13 Å². The second-order valence-corrected chi connectivity index (χ2v) is 7.46. The molecule has 2 aromatic carbocycles. The normalized spacial score (nSPS) is 10.9. The predicted molar refractivity (Wildman–Crippen MR) is 123 cm³/mol. The highest BCUT2D eigenvalue weighted by atomic mass is 32.1. The average molecular weight is 426 g/mol. The smallest absolute Gasteiger partial charge is 0.203 e. The molecular weight excluding hydrogens is 398 g/mol. The summed E-state index contributed by atoms with van der Waals surface area (Å²) < 4.78 is 16.4. The molecule has 0 bridgehead atoms. The van der Waals surface area contributed by atoms with Crippen LogP contribution in [0.3, 0.4) is 0 Å². The van der Waals surface area contributed by atoms with Crippen molar-refractivity contribution in [1.29, 1.82) is 0 Å². The Balaban J connectivity index is 1.57. The van der Waals surface area contributed by atoms with Crippen LogP contribution in [0.5, 0.6) is 17.2 Å². The van der Waals surface area contributed by atoms with E-state index in [1.807, 2.05) is 47.8 Å². The quantitative estimate of drug-likeness (QED) is 0.237. The monoisotopic (exact) mass is 425 g/mol. The summed E-state index contributed by atoms with van der Waals surface area (Å²) in [5.74, 6) is 2.34. The van der Waals surface area contributed by atoms with Gasteiger partial charge in [-0.1, -0.05) is 19.8 Å². The number of hydrogen-bond acceptors (Lipinski definition) is 7. The minimum absolute atomic E-state index is 0.704. The van der Waals surface area contributed by atoms with Crippen LogP contribution >= 0.6 is 11.3 Å². The SMILES string of the molecule is CCCCCOc1ccc(/C=N\Nc2nc(-c3ccc(OC)cc3OC)cs2)cc1. The number of ether oxygens (including phenoxy) is 3. The van der Waals surface area contributed by atoms with Gasteiger partial charge in [0.2, 0.25) is 5.13 Å². The van der Waals surface area contributed by atoms with Crippen LogP contribution in [0.2, 0.25) is 0 Å². The minimum atomic E-state index is 0.704. The lowest BCUT2D eigenvalue weighted by atomic mass is 10.1. The van der Waals surface area contributed by atoms with Gasteiger partial charge in [-0.05, 0) is 48.4 Å². The molecule has 7 heteroatoms. The summed E-state index contributed by atoms with van der Waals surface area (Å²) in [5, 5.41) is 6.95. The summed E-state index contributed by atoms with van der Waals surface area (Å²) in [6, 6.07) is 13.6. The summed E-state index contributed by atoms with van der Waals surface area (Å²) >= 11 is 1.48. The third-order valence-electron chi connectivity index (χ3n) is 4.46. The second kappa shape index (κ2) is 11.2. The van der Waals surface area contributed by atoms with Crippen molar-refractivity contribution in [3.05, 3.63) is 53.4 Å². The molecule has 0 radical (unpaired) electrons. The van der Waals surface area contributed by atoms with Crippen LogP contribution in [0.25, 0.3) is 11.3 Å². The number of aromatic nitrogens is 1. The van der Waals surface area contributed by atoms with Gasteiger partial charge in [-0.15, -0.1) is 11.3 Å². The molecule has 0 fully saturated rings. The third-order valence-corrected chi connectivity index (χ3v) is 5.21. The molecule has 0 aliphatic heterocycles. The Labute approximate surface area is 181 Å². The van der Waals surface area contributed by atoms with E-state index < -0.39 is 0 Å². The topological polar surface area (TPSA) is 65.0 Å². The van der Waals surface area contributed by atoms with Crippen LogP contribution in [-0.4, -0.2) is 32.0 Å². The van der Waals surface area contributed by atoms with E-state index in [1.54, 1.807) is 20.4 Å². The van der Waals surface area contributed by atoms with Gasteiger partial charge < -0.3 is 14.2 Å². The van der Waals surface area contributed by atoms with E-state index in [9.17, 15) is 0 Å². The molecule has 1 heterocycles. The molecule has 1 aromatic heterocycles. The van der Waals surface area contributed by atoms with Crippen LogP contribution in [0.1, 0.15) is 31.7 Å². The van der Waals surface area contributed by atoms with Crippen LogP contribution < -0.4 is 19.6 Å². The number of nitrogens with zero attached hydrogens (tertiary/aromatic N) is 2. The van der Waals surface area contributed by atoms with Gasteiger partial charge in [0, 0.05) is 17.0 Å². The van der Waals surface area contributed by atoms with Gasteiger partial charge in [0.05, 0.1) is 32.7 Å². The molecular formula is C23H27N3O3S. The van der Waals surface area contributed by atoms with Gasteiger partial charge in [0.15, 0.2) is 0 Å². The third kappa shape index (κ3) is 5.97. The first kappa shape index (κ1) is 21.6. The van der Waals surface area contributed by atoms with Crippen LogP contribution in [-0.2, 0) is 0 Å². The largest absolute Gasteiger partial charge is 0.497 e. The highest BCUT2D eigenvalue weighted by Crippen LogP contribution is 2.34. The van der Waals surface area contributed by atoms with Gasteiger partial charge in [-0.25, -0.2) is 4.98 Å². The maximum absolute atomic E-state index is 5.73. The van der Waals surface area contributed by atoms with Crippen LogP contribution in [0, 0.1) is 0 Å². The Morgan fingerprint density at radius 1 is 1.03 bits per heavy atom. The lowest BCUT2D eigenvalue weighted by Gasteiger charge is -2.08. The van der Waals surface area contributed by atoms with Crippen molar-refractivity contribution >= 4 is 22.7 Å². The first-order valence-electron chi connectivity index (χ1n) is 9.93. The van der Waals surface area contributed by atoms with E-state index in [0.29, 0.717) is 10.9 Å². The molecule has 30 heavy (non-hydrogen) atoms. The molecule has 0 aliphatic rings. The predicted octanol–water partition coefficient (Wildman–Crippen LogP) is 5.84. The molecule has 0 spiro atoms. The van der Waals surface area contributed by atoms with Gasteiger partial charge in [-0.2, -0.15) is 5.10 Å². The minimum Gasteiger partial charge on any atom is -0.497 e. The summed E-state index contributed by atoms with van der Waals surface area (Å²) in [6.45, 7) is 2.94. The Kier molecular flexibility index (Phi) is 8.09. The van der Waals surface area contributed by atoms with E-state index in [2.05, 4.69) is 22.4 Å². The lowest BCUT2D eigenvalue weighted by Crippen LogP contribution is -1.97. The van der Waals surface area contributed by atoms with Crippen molar-refractivity contribution in [2.24, 2.45) is 5.10 Å². The van der Waals surface area contributed by atoms with E-state index in [-0.39, 0.29) is 0 Å². The van der Waals surface area contributed by atoms with E-state index in [4.69, 9.17) is 14.2 Å². The number of nitrogens with one attached hydrogen (secondary N) is 1. The van der Waals surface area contributed by atoms with Gasteiger partial charge >= 0.3 is 0 Å². The molecule has 158 valence electrons. The first-order chi connectivity index (χ1) is 14.7. The van der Waals surface area contributed by atoms with Crippen molar-refractivity contribution in [2.45, 2.75) is 26.2 Å². The lowest BCUT2D eigenvalue weighted by molar-refractivity contribution is 0.306. The number of thiazole rings is 1. The van der Waals surface area contributed by atoms with Crippen molar-refractivity contribution < 1.29 is 14.2 Å². The first-order valence-corrected chi connectivity index (χ1v) is 10.8. The maximum Gasteiger partial charge on any atom is 0.203 e. The summed E-state index contributed by atoms with van der Waals surface area (Å²) in [6.07, 6.45) is 5.23. The Morgan fingerprint density at radius 2 is 1.83 bits per heavy atom. The average Bonchev–Trinajstić information content (AvgIpc) is 3.26. The zero-order chi connectivity index (χ0) is 21.2. The Morgan fingerprint density at radius 3 is 2.57 bits per heavy atom. The maximum atomic E-state index is 5.73. The highest BCUT2D eigenvalue weighted by Gasteiger charge is 2.11. The summed E-state index contributed by atoms with van der Waals surface area (Å²) in [7, 11) is 3.26. The number of benzene rings is 2. The fourth-order valence-electron chi connectivity index (χ4n) is 2.81. The molecule has 3 aromatic rings. The van der Waals surface area contributed by atoms with E-state index in [0.717, 1.165) is 41.3 Å². The van der Waals surface area contributed by atoms with Crippen LogP contribution in [0.15, 0.2) is 52.9 Å². The van der Waals surface area contributed by atoms with Crippen molar-refractivity contribution in [2.75, 3.05) is 26.3 Å². The van der Waals surface area contributed by atoms with Crippen molar-refractivity contribution in [3.63, 3.8) is 0 Å². The fraction of sp³-hybridized carbons (Fsp3) is 0.304. The van der Waals surface area contributed by atoms with Crippen molar-refractivity contribution in [3.8, 4) is 28.5 Å². The molecule has 3 rings (SSSR count). The van der Waals surface area contributed by atoms with E-state index >= 15 is 0 Å². The van der Waals surface area contributed by atoms with Gasteiger partial charge in [-0.3, -0.25) is 5.43 Å². The number of rotatable bonds is 11. The Hall–Kier alpha value is -3.06. The number of hydrogen-bond donors (Lipinski definition) is 1. The van der Waals surface area contributed by atoms with E-state index in [1.165, 1.54) is 24.2 Å². The standard InChI is InChI=1S/C23H27N3O3S/c1-4-5-6-13-29-18-9-7-17(8-10-18)15-24-26-23-25-21(16-30-23)20-12-11-19(27-2)14-22(20)28-3/h7-12,14-16H,4-6,13H2,1-3H3,(H,25,26)/b24-15-. The molecule has 0 atom stereocenters. The van der Waals surface area contributed by atoms with Gasteiger partial charge in [0.1, 0.15) is 17.2 Å². The molecule has 0 aliphatic carbocycles. The molecule has 0 saturated heterocycles. The molecule has 1 N–H and O–H groups in total. The molecule has 0 unspecified atom stereocenters. The molecule has 6 nitrogen and oxygen atoms in total. The number of methoxy groups -OCH3 is 2. The fourth-order valence-corrected chi connectivity index (χ4v) is 3.47. The number of anilines is 1. The zero-order valence-corrected chi connectivity index (χ0v) is 18.4. The Bertz CT molecular complexity index is 955. The molecule has 0 saturated carbocycles. The summed E-state index contributed by atoms with van der Waals surface area (Å²) in [4.78, 5) is 4.59. The second-order valence-electron chi connectivity index (χ2n) is 6.60. The number of unbranched alkanes of at least 4 members (excludes halogenated alkanes) is 2.